The summed E-state index contributed by atoms with van der Waals surface area (Å²) in [6.07, 6.45) is 9.09. The molecule has 0 aliphatic heterocycles. The zero-order valence-electron chi connectivity index (χ0n) is 19.1. The van der Waals surface area contributed by atoms with E-state index in [2.05, 4.69) is 106 Å². The molecule has 0 spiro atoms. The number of aromatic nitrogens is 2. The molecule has 0 saturated heterocycles. The number of benzene rings is 2. The van der Waals surface area contributed by atoms with Crippen molar-refractivity contribution in [2.45, 2.75) is 34.1 Å². The van der Waals surface area contributed by atoms with Crippen molar-refractivity contribution in [1.82, 2.24) is 9.78 Å². The lowest BCUT2D eigenvalue weighted by molar-refractivity contribution is 0.796. The van der Waals surface area contributed by atoms with Gasteiger partial charge in [0.15, 0.2) is 0 Å². The molecule has 3 rings (SSSR count). The summed E-state index contributed by atoms with van der Waals surface area (Å²) >= 11 is 0. The minimum atomic E-state index is 0.441. The van der Waals surface area contributed by atoms with Gasteiger partial charge in [0, 0.05) is 5.69 Å². The van der Waals surface area contributed by atoms with Gasteiger partial charge in [0.1, 0.15) is 0 Å². The molecule has 0 N–H and O–H groups in total. The number of aryl methyl sites for hydroxylation is 1. The summed E-state index contributed by atoms with van der Waals surface area (Å²) < 4.78 is 1.95. The molecule has 0 bridgehead atoms. The second-order valence-corrected chi connectivity index (χ2v) is 8.20. The fraction of sp³-hybridized carbons (Fsp3) is 0.207. The van der Waals surface area contributed by atoms with Crippen LogP contribution in [0, 0.1) is 12.8 Å². The van der Waals surface area contributed by atoms with Crippen molar-refractivity contribution in [3.05, 3.63) is 120 Å². The third-order valence-electron chi connectivity index (χ3n) is 5.42. The van der Waals surface area contributed by atoms with E-state index in [4.69, 9.17) is 0 Å². The topological polar surface area (TPSA) is 17.8 Å². The Kier molecular flexibility index (Phi) is 7.25. The van der Waals surface area contributed by atoms with Gasteiger partial charge in [-0.1, -0.05) is 87.2 Å². The minimum absolute atomic E-state index is 0.441. The highest BCUT2D eigenvalue weighted by Crippen LogP contribution is 2.22. The SMILES string of the molecule is C=Cc1cc(C)n(-c2ccc(Cc3ccc(C(/C=C\C)=C/C(=C)C(C)C)cc3)cc2)n1. The Hall–Kier alpha value is -3.39. The van der Waals surface area contributed by atoms with E-state index in [0.717, 1.165) is 29.1 Å². The predicted octanol–water partition coefficient (Wildman–Crippen LogP) is 7.59. The van der Waals surface area contributed by atoms with E-state index >= 15 is 0 Å². The van der Waals surface area contributed by atoms with E-state index in [9.17, 15) is 0 Å². The van der Waals surface area contributed by atoms with Crippen LogP contribution in [0.4, 0.5) is 0 Å². The van der Waals surface area contributed by atoms with E-state index < -0.39 is 0 Å². The molecule has 0 radical (unpaired) electrons. The molecule has 3 aromatic rings. The van der Waals surface area contributed by atoms with Gasteiger partial charge in [0.25, 0.3) is 0 Å². The maximum Gasteiger partial charge on any atom is 0.0852 e. The van der Waals surface area contributed by atoms with Gasteiger partial charge in [-0.25, -0.2) is 4.68 Å². The van der Waals surface area contributed by atoms with Crippen LogP contribution in [0.3, 0.4) is 0 Å². The quantitative estimate of drug-likeness (QED) is 0.351. The summed E-state index contributed by atoms with van der Waals surface area (Å²) in [7, 11) is 0. The highest BCUT2D eigenvalue weighted by molar-refractivity contribution is 5.76. The molecule has 0 aliphatic carbocycles. The van der Waals surface area contributed by atoms with Crippen LogP contribution in [0.15, 0.2) is 91.6 Å². The van der Waals surface area contributed by atoms with E-state index in [1.165, 1.54) is 22.3 Å². The molecule has 2 nitrogen and oxygen atoms in total. The molecule has 0 amide bonds. The first kappa shape index (κ1) is 22.3. The van der Waals surface area contributed by atoms with Gasteiger partial charge in [0.2, 0.25) is 0 Å². The second kappa shape index (κ2) is 10.1. The molecule has 31 heavy (non-hydrogen) atoms. The summed E-state index contributed by atoms with van der Waals surface area (Å²) in [6.45, 7) is 16.4. The average molecular weight is 409 g/mol. The first-order valence-corrected chi connectivity index (χ1v) is 10.8. The standard InChI is InChI=1S/C29H32N2/c1-7-9-27(18-22(5)21(3)4)26-14-10-24(11-15-26)20-25-12-16-29(17-13-25)31-23(6)19-28(8-2)30-31/h7-19,21H,2,5,20H2,1,3-4,6H3/b9-7-,27-18+. The monoisotopic (exact) mass is 408 g/mol. The van der Waals surface area contributed by atoms with Crippen LogP contribution < -0.4 is 0 Å². The molecular weight excluding hydrogens is 376 g/mol. The fourth-order valence-electron chi connectivity index (χ4n) is 3.44. The van der Waals surface area contributed by atoms with Gasteiger partial charge in [-0.2, -0.15) is 5.10 Å². The van der Waals surface area contributed by atoms with E-state index in [1.54, 1.807) is 6.08 Å². The first-order valence-electron chi connectivity index (χ1n) is 10.8. The van der Waals surface area contributed by atoms with Crippen LogP contribution in [-0.2, 0) is 6.42 Å². The lowest BCUT2D eigenvalue weighted by atomic mass is 9.96. The summed E-state index contributed by atoms with van der Waals surface area (Å²) in [5, 5.41) is 4.57. The molecular formula is C29H32N2. The Morgan fingerprint density at radius 3 is 2.16 bits per heavy atom. The summed E-state index contributed by atoms with van der Waals surface area (Å²) in [5.74, 6) is 0.441. The van der Waals surface area contributed by atoms with Gasteiger partial charge < -0.3 is 0 Å². The van der Waals surface area contributed by atoms with Crippen LogP contribution in [0.2, 0.25) is 0 Å². The van der Waals surface area contributed by atoms with Crippen LogP contribution in [0.5, 0.6) is 0 Å². The number of hydrogen-bond donors (Lipinski definition) is 0. The second-order valence-electron chi connectivity index (χ2n) is 8.20. The van der Waals surface area contributed by atoms with Crippen molar-refractivity contribution in [2.75, 3.05) is 0 Å². The van der Waals surface area contributed by atoms with E-state index in [1.807, 2.05) is 17.7 Å². The zero-order chi connectivity index (χ0) is 22.4. The summed E-state index contributed by atoms with van der Waals surface area (Å²) in [5.41, 5.74) is 9.19. The number of nitrogens with zero attached hydrogens (tertiary/aromatic N) is 2. The third kappa shape index (κ3) is 5.61. The molecule has 0 unspecified atom stereocenters. The molecule has 2 aromatic carbocycles. The molecule has 158 valence electrons. The largest absolute Gasteiger partial charge is 0.238 e. The first-order chi connectivity index (χ1) is 14.9. The number of allylic oxidation sites excluding steroid dienone is 5. The molecule has 1 heterocycles. The summed E-state index contributed by atoms with van der Waals surface area (Å²) in [6, 6.07) is 19.5. The van der Waals surface area contributed by atoms with Crippen LogP contribution in [0.1, 0.15) is 48.8 Å². The Balaban J connectivity index is 1.75. The molecule has 1 aromatic heterocycles. The fourth-order valence-corrected chi connectivity index (χ4v) is 3.44. The van der Waals surface area contributed by atoms with Crippen molar-refractivity contribution in [3.8, 4) is 5.69 Å². The van der Waals surface area contributed by atoms with Crippen molar-refractivity contribution >= 4 is 11.6 Å². The highest BCUT2D eigenvalue weighted by Gasteiger charge is 2.06. The summed E-state index contributed by atoms with van der Waals surface area (Å²) in [4.78, 5) is 0. The van der Waals surface area contributed by atoms with Crippen LogP contribution in [-0.4, -0.2) is 9.78 Å². The number of rotatable bonds is 8. The molecule has 0 saturated carbocycles. The van der Waals surface area contributed by atoms with Crippen molar-refractivity contribution in [3.63, 3.8) is 0 Å². The Labute approximate surface area is 187 Å². The van der Waals surface area contributed by atoms with Gasteiger partial charge in [-0.05, 0) is 72.7 Å². The van der Waals surface area contributed by atoms with Gasteiger partial charge in [-0.15, -0.1) is 0 Å². The average Bonchev–Trinajstić information content (AvgIpc) is 3.15. The van der Waals surface area contributed by atoms with E-state index in [-0.39, 0.29) is 0 Å². The van der Waals surface area contributed by atoms with Gasteiger partial charge >= 0.3 is 0 Å². The van der Waals surface area contributed by atoms with Gasteiger partial charge in [0.05, 0.1) is 11.4 Å². The van der Waals surface area contributed by atoms with Crippen molar-refractivity contribution in [2.24, 2.45) is 5.92 Å². The molecule has 0 atom stereocenters. The minimum Gasteiger partial charge on any atom is -0.238 e. The number of hydrogen-bond acceptors (Lipinski definition) is 1. The van der Waals surface area contributed by atoms with Crippen molar-refractivity contribution < 1.29 is 0 Å². The molecule has 2 heteroatoms. The zero-order valence-corrected chi connectivity index (χ0v) is 19.1. The maximum atomic E-state index is 4.57. The Morgan fingerprint density at radius 1 is 1.03 bits per heavy atom. The van der Waals surface area contributed by atoms with Gasteiger partial charge in [-0.3, -0.25) is 0 Å². The van der Waals surface area contributed by atoms with Crippen molar-refractivity contribution in [1.29, 1.82) is 0 Å². The lowest BCUT2D eigenvalue weighted by Crippen LogP contribution is -1.99. The normalized spacial score (nSPS) is 12.0. The lowest BCUT2D eigenvalue weighted by Gasteiger charge is -2.10. The maximum absolute atomic E-state index is 4.57. The Morgan fingerprint density at radius 2 is 1.65 bits per heavy atom. The predicted molar refractivity (Wildman–Crippen MR) is 134 cm³/mol. The molecule has 0 fully saturated rings. The van der Waals surface area contributed by atoms with Crippen LogP contribution in [0.25, 0.3) is 17.3 Å². The highest BCUT2D eigenvalue weighted by atomic mass is 15.3. The van der Waals surface area contributed by atoms with E-state index in [0.29, 0.717) is 5.92 Å². The molecule has 0 aliphatic rings. The third-order valence-corrected chi connectivity index (χ3v) is 5.42. The Bertz CT molecular complexity index is 1100. The van der Waals surface area contributed by atoms with Crippen LogP contribution >= 0.6 is 0 Å². The smallest absolute Gasteiger partial charge is 0.0852 e.